The molecule has 1 aromatic heterocycles. The van der Waals surface area contributed by atoms with E-state index < -0.39 is 0 Å². The molecule has 0 atom stereocenters. The quantitative estimate of drug-likeness (QED) is 0.835. The highest BCUT2D eigenvalue weighted by Gasteiger charge is 2.25. The average Bonchev–Trinajstić information content (AvgIpc) is 2.90. The van der Waals surface area contributed by atoms with E-state index in [0.717, 1.165) is 12.8 Å². The molecule has 96 valence electrons. The van der Waals surface area contributed by atoms with Crippen LogP contribution in [-0.2, 0) is 0 Å². The Hall–Kier alpha value is -1.80. The van der Waals surface area contributed by atoms with Crippen LogP contribution in [-0.4, -0.2) is 29.3 Å². The maximum absolute atomic E-state index is 9.20. The van der Waals surface area contributed by atoms with Crippen molar-refractivity contribution < 1.29 is 5.11 Å². The van der Waals surface area contributed by atoms with E-state index in [9.17, 15) is 5.11 Å². The Morgan fingerprint density at radius 3 is 2.83 bits per heavy atom. The number of hydrogen-bond acceptors (Lipinski definition) is 5. The van der Waals surface area contributed by atoms with Gasteiger partial charge in [-0.3, -0.25) is 0 Å². The SMILES string of the molecule is N#Cc1ccnc(N(CCO)C2CCCC2)c1N. The molecule has 0 aliphatic heterocycles. The van der Waals surface area contributed by atoms with E-state index >= 15 is 0 Å². The van der Waals surface area contributed by atoms with Crippen LogP contribution in [0.1, 0.15) is 31.2 Å². The summed E-state index contributed by atoms with van der Waals surface area (Å²) in [6.45, 7) is 0.575. The van der Waals surface area contributed by atoms with E-state index in [0.29, 0.717) is 29.7 Å². The minimum absolute atomic E-state index is 0.0639. The standard InChI is InChI=1S/C13H18N4O/c14-9-10-5-6-16-13(12(10)15)17(7-8-18)11-3-1-2-4-11/h5-6,11,18H,1-4,7-8,15H2. The predicted molar refractivity (Wildman–Crippen MR) is 70.1 cm³/mol. The normalized spacial score (nSPS) is 15.6. The van der Waals surface area contributed by atoms with Crippen LogP contribution in [0.15, 0.2) is 12.3 Å². The number of aromatic nitrogens is 1. The zero-order chi connectivity index (χ0) is 13.0. The van der Waals surface area contributed by atoms with E-state index in [1.807, 2.05) is 4.90 Å². The molecule has 2 rings (SSSR count). The Labute approximate surface area is 107 Å². The summed E-state index contributed by atoms with van der Waals surface area (Å²) in [5, 5.41) is 18.2. The minimum Gasteiger partial charge on any atom is -0.395 e. The maximum atomic E-state index is 9.20. The van der Waals surface area contributed by atoms with Crippen LogP contribution in [0.3, 0.4) is 0 Å². The van der Waals surface area contributed by atoms with Gasteiger partial charge in [-0.2, -0.15) is 5.26 Å². The van der Waals surface area contributed by atoms with E-state index in [1.54, 1.807) is 12.3 Å². The Morgan fingerprint density at radius 2 is 2.22 bits per heavy atom. The van der Waals surface area contributed by atoms with Crippen LogP contribution in [0.2, 0.25) is 0 Å². The van der Waals surface area contributed by atoms with Gasteiger partial charge in [0.05, 0.1) is 17.9 Å². The second-order valence-electron chi connectivity index (χ2n) is 4.56. The number of nitrogens with two attached hydrogens (primary N) is 1. The van der Waals surface area contributed by atoms with Crippen molar-refractivity contribution in [2.75, 3.05) is 23.8 Å². The van der Waals surface area contributed by atoms with Gasteiger partial charge in [0.25, 0.3) is 0 Å². The third-order valence-electron chi connectivity index (χ3n) is 3.47. The molecule has 1 aliphatic carbocycles. The fourth-order valence-corrected chi connectivity index (χ4v) is 2.57. The van der Waals surface area contributed by atoms with E-state index in [2.05, 4.69) is 11.1 Å². The molecule has 5 heteroatoms. The molecular weight excluding hydrogens is 228 g/mol. The molecule has 0 amide bonds. The van der Waals surface area contributed by atoms with Gasteiger partial charge in [-0.05, 0) is 18.9 Å². The molecule has 0 bridgehead atoms. The highest BCUT2D eigenvalue weighted by molar-refractivity contribution is 5.70. The number of aliphatic hydroxyl groups excluding tert-OH is 1. The zero-order valence-electron chi connectivity index (χ0n) is 10.3. The van der Waals surface area contributed by atoms with Crippen molar-refractivity contribution in [1.29, 1.82) is 5.26 Å². The van der Waals surface area contributed by atoms with Crippen LogP contribution in [0.4, 0.5) is 11.5 Å². The van der Waals surface area contributed by atoms with Crippen molar-refractivity contribution in [2.45, 2.75) is 31.7 Å². The van der Waals surface area contributed by atoms with Gasteiger partial charge >= 0.3 is 0 Å². The largest absolute Gasteiger partial charge is 0.395 e. The third kappa shape index (κ3) is 2.39. The third-order valence-corrected chi connectivity index (χ3v) is 3.47. The zero-order valence-corrected chi connectivity index (χ0v) is 10.3. The molecule has 0 radical (unpaired) electrons. The van der Waals surface area contributed by atoms with Crippen LogP contribution < -0.4 is 10.6 Å². The Morgan fingerprint density at radius 1 is 1.50 bits per heavy atom. The highest BCUT2D eigenvalue weighted by atomic mass is 16.3. The first-order chi connectivity index (χ1) is 8.77. The Balaban J connectivity index is 2.33. The molecule has 1 aromatic rings. The van der Waals surface area contributed by atoms with Crippen molar-refractivity contribution in [2.24, 2.45) is 0 Å². The Bertz CT molecular complexity index is 449. The molecular formula is C13H18N4O. The monoisotopic (exact) mass is 246 g/mol. The van der Waals surface area contributed by atoms with Gasteiger partial charge in [-0.25, -0.2) is 4.98 Å². The maximum Gasteiger partial charge on any atom is 0.153 e. The first kappa shape index (κ1) is 12.7. The van der Waals surface area contributed by atoms with Crippen LogP contribution in [0.5, 0.6) is 0 Å². The van der Waals surface area contributed by atoms with Crippen LogP contribution in [0.25, 0.3) is 0 Å². The number of nitrogen functional groups attached to an aromatic ring is 1. The van der Waals surface area contributed by atoms with E-state index in [4.69, 9.17) is 11.0 Å². The summed E-state index contributed by atoms with van der Waals surface area (Å²) < 4.78 is 0. The van der Waals surface area contributed by atoms with Crippen LogP contribution in [0, 0.1) is 11.3 Å². The lowest BCUT2D eigenvalue weighted by molar-refractivity contribution is 0.297. The molecule has 1 saturated carbocycles. The van der Waals surface area contributed by atoms with Crippen molar-refractivity contribution in [3.8, 4) is 6.07 Å². The molecule has 1 fully saturated rings. The summed E-state index contributed by atoms with van der Waals surface area (Å²) in [5.41, 5.74) is 6.85. The first-order valence-electron chi connectivity index (χ1n) is 6.30. The highest BCUT2D eigenvalue weighted by Crippen LogP contribution is 2.31. The smallest absolute Gasteiger partial charge is 0.153 e. The van der Waals surface area contributed by atoms with E-state index in [-0.39, 0.29) is 6.61 Å². The lowest BCUT2D eigenvalue weighted by atomic mass is 10.1. The van der Waals surface area contributed by atoms with Gasteiger partial charge in [0.15, 0.2) is 5.82 Å². The number of pyridine rings is 1. The number of nitriles is 1. The summed E-state index contributed by atoms with van der Waals surface area (Å²) in [5.74, 6) is 0.634. The van der Waals surface area contributed by atoms with Gasteiger partial charge in [0, 0.05) is 18.8 Å². The average molecular weight is 246 g/mol. The molecule has 3 N–H and O–H groups in total. The lowest BCUT2D eigenvalue weighted by Crippen LogP contribution is -2.37. The second-order valence-corrected chi connectivity index (χ2v) is 4.56. The fourth-order valence-electron chi connectivity index (χ4n) is 2.57. The van der Waals surface area contributed by atoms with Crippen LogP contribution >= 0.6 is 0 Å². The number of nitrogens with zero attached hydrogens (tertiary/aromatic N) is 3. The molecule has 1 aliphatic rings. The van der Waals surface area contributed by atoms with Crippen molar-refractivity contribution in [1.82, 2.24) is 4.98 Å². The van der Waals surface area contributed by atoms with Crippen molar-refractivity contribution in [3.63, 3.8) is 0 Å². The molecule has 0 aromatic carbocycles. The molecule has 5 nitrogen and oxygen atoms in total. The summed E-state index contributed by atoms with van der Waals surface area (Å²) >= 11 is 0. The topological polar surface area (TPSA) is 86.2 Å². The van der Waals surface area contributed by atoms with Gasteiger partial charge in [0.2, 0.25) is 0 Å². The Kier molecular flexibility index (Phi) is 4.00. The van der Waals surface area contributed by atoms with Gasteiger partial charge < -0.3 is 15.7 Å². The number of rotatable bonds is 4. The first-order valence-corrected chi connectivity index (χ1v) is 6.30. The molecule has 18 heavy (non-hydrogen) atoms. The summed E-state index contributed by atoms with van der Waals surface area (Å²) in [6.07, 6.45) is 6.19. The summed E-state index contributed by atoms with van der Waals surface area (Å²) in [7, 11) is 0. The summed E-state index contributed by atoms with van der Waals surface area (Å²) in [4.78, 5) is 6.33. The van der Waals surface area contributed by atoms with Gasteiger partial charge in [-0.15, -0.1) is 0 Å². The molecule has 1 heterocycles. The minimum atomic E-state index is 0.0639. The molecule has 0 unspecified atom stereocenters. The van der Waals surface area contributed by atoms with E-state index in [1.165, 1.54) is 12.8 Å². The lowest BCUT2D eigenvalue weighted by Gasteiger charge is -2.30. The van der Waals surface area contributed by atoms with Crippen molar-refractivity contribution >= 4 is 11.5 Å². The van der Waals surface area contributed by atoms with Crippen molar-refractivity contribution in [3.05, 3.63) is 17.8 Å². The molecule has 0 saturated heterocycles. The fraction of sp³-hybridized carbons (Fsp3) is 0.538. The number of aliphatic hydroxyl groups is 1. The summed E-state index contributed by atoms with van der Waals surface area (Å²) in [6, 6.07) is 4.06. The van der Waals surface area contributed by atoms with Gasteiger partial charge in [0.1, 0.15) is 6.07 Å². The van der Waals surface area contributed by atoms with Gasteiger partial charge in [-0.1, -0.05) is 12.8 Å². The molecule has 0 spiro atoms. The number of anilines is 2. The second kappa shape index (κ2) is 5.69. The number of hydrogen-bond donors (Lipinski definition) is 2. The predicted octanol–water partition coefficient (Wildman–Crippen LogP) is 1.28.